The molecular weight excluding hydrogens is 287 g/mol. The molecule has 0 radical (unpaired) electrons. The van der Waals surface area contributed by atoms with Gasteiger partial charge in [0.25, 0.3) is 0 Å². The number of halogens is 3. The summed E-state index contributed by atoms with van der Waals surface area (Å²) in [6, 6.07) is 1.29. The maximum atomic E-state index is 13.6. The van der Waals surface area contributed by atoms with E-state index >= 15 is 0 Å². The quantitative estimate of drug-likeness (QED) is 0.833. The maximum Gasteiger partial charge on any atom is 0.153 e. The van der Waals surface area contributed by atoms with Crippen molar-refractivity contribution in [2.45, 2.75) is 19.8 Å². The molecule has 0 aliphatic carbocycles. The number of hydrogen-bond donors (Lipinski definition) is 1. The first-order valence-electron chi connectivity index (χ1n) is 6.29. The van der Waals surface area contributed by atoms with Crippen molar-refractivity contribution < 1.29 is 13.2 Å². The van der Waals surface area contributed by atoms with Gasteiger partial charge in [-0.05, 0) is 19.5 Å². The molecule has 0 bridgehead atoms. The summed E-state index contributed by atoms with van der Waals surface area (Å²) in [5.41, 5.74) is -0.318. The van der Waals surface area contributed by atoms with Crippen molar-refractivity contribution in [3.8, 4) is 10.6 Å². The lowest BCUT2D eigenvalue weighted by Crippen LogP contribution is -2.14. The topological polar surface area (TPSA) is 37.8 Å². The molecule has 20 heavy (non-hydrogen) atoms. The summed E-state index contributed by atoms with van der Waals surface area (Å²) in [5, 5.41) is 11.7. The second-order valence-corrected chi connectivity index (χ2v) is 5.26. The van der Waals surface area contributed by atoms with Crippen LogP contribution in [0.4, 0.5) is 13.2 Å². The minimum absolute atomic E-state index is 0.137. The molecule has 1 heterocycles. The molecule has 0 aliphatic heterocycles. The number of nitrogens with one attached hydrogen (secondary N) is 1. The van der Waals surface area contributed by atoms with Gasteiger partial charge in [-0.25, -0.2) is 13.2 Å². The predicted molar refractivity (Wildman–Crippen MR) is 72.1 cm³/mol. The third-order valence-corrected chi connectivity index (χ3v) is 3.68. The Morgan fingerprint density at radius 3 is 2.50 bits per heavy atom. The Balaban J connectivity index is 2.13. The van der Waals surface area contributed by atoms with E-state index in [2.05, 4.69) is 15.5 Å². The van der Waals surface area contributed by atoms with E-state index < -0.39 is 17.5 Å². The standard InChI is InChI=1S/C13H14F3N3S/c1-2-17-5-3-4-11-18-19-13(20-11)12-9(15)6-8(14)7-10(12)16/h6-7,17H,2-5H2,1H3. The fraction of sp³-hybridized carbons (Fsp3) is 0.385. The van der Waals surface area contributed by atoms with Gasteiger partial charge in [0.1, 0.15) is 22.5 Å². The van der Waals surface area contributed by atoms with Gasteiger partial charge in [-0.3, -0.25) is 0 Å². The minimum Gasteiger partial charge on any atom is -0.317 e. The molecule has 1 aromatic carbocycles. The van der Waals surface area contributed by atoms with Gasteiger partial charge in [0.15, 0.2) is 5.01 Å². The number of nitrogens with zero attached hydrogens (tertiary/aromatic N) is 2. The molecule has 0 atom stereocenters. The Labute approximate surface area is 118 Å². The lowest BCUT2D eigenvalue weighted by molar-refractivity contribution is 0.547. The zero-order valence-electron chi connectivity index (χ0n) is 10.9. The molecule has 3 nitrogen and oxygen atoms in total. The van der Waals surface area contributed by atoms with E-state index in [-0.39, 0.29) is 10.6 Å². The van der Waals surface area contributed by atoms with Crippen LogP contribution in [-0.4, -0.2) is 23.3 Å². The molecule has 1 N–H and O–H groups in total. The molecule has 0 spiro atoms. The lowest BCUT2D eigenvalue weighted by atomic mass is 10.2. The van der Waals surface area contributed by atoms with E-state index in [0.29, 0.717) is 23.6 Å². The highest BCUT2D eigenvalue weighted by Crippen LogP contribution is 2.29. The molecule has 2 aromatic rings. The molecule has 0 aliphatic rings. The summed E-state index contributed by atoms with van der Waals surface area (Å²) in [5.74, 6) is -2.87. The normalized spacial score (nSPS) is 11.0. The van der Waals surface area contributed by atoms with E-state index in [4.69, 9.17) is 0 Å². The van der Waals surface area contributed by atoms with Gasteiger partial charge in [-0.2, -0.15) is 0 Å². The van der Waals surface area contributed by atoms with Crippen LogP contribution >= 0.6 is 11.3 Å². The number of aryl methyl sites for hydroxylation is 1. The number of hydrogen-bond acceptors (Lipinski definition) is 4. The van der Waals surface area contributed by atoms with Crippen LogP contribution in [0.5, 0.6) is 0 Å². The van der Waals surface area contributed by atoms with Crippen LogP contribution in [0.25, 0.3) is 10.6 Å². The first-order chi connectivity index (χ1) is 9.61. The maximum absolute atomic E-state index is 13.6. The minimum atomic E-state index is -0.960. The molecule has 0 amide bonds. The molecular formula is C13H14F3N3S. The molecule has 108 valence electrons. The Kier molecular flexibility index (Phi) is 5.08. The molecule has 0 saturated heterocycles. The molecule has 0 saturated carbocycles. The van der Waals surface area contributed by atoms with Crippen LogP contribution in [0.3, 0.4) is 0 Å². The van der Waals surface area contributed by atoms with E-state index in [1.165, 1.54) is 0 Å². The van der Waals surface area contributed by atoms with Crippen molar-refractivity contribution in [3.63, 3.8) is 0 Å². The Morgan fingerprint density at radius 1 is 1.15 bits per heavy atom. The van der Waals surface area contributed by atoms with Crippen LogP contribution in [0.2, 0.25) is 0 Å². The fourth-order valence-electron chi connectivity index (χ4n) is 1.74. The molecule has 2 rings (SSSR count). The third kappa shape index (κ3) is 3.55. The zero-order chi connectivity index (χ0) is 14.5. The number of aromatic nitrogens is 2. The van der Waals surface area contributed by atoms with Crippen molar-refractivity contribution in [1.29, 1.82) is 0 Å². The van der Waals surface area contributed by atoms with E-state index in [1.807, 2.05) is 6.92 Å². The Bertz CT molecular complexity index is 563. The summed E-state index contributed by atoms with van der Waals surface area (Å²) in [6.07, 6.45) is 1.56. The first kappa shape index (κ1) is 14.9. The number of benzene rings is 1. The van der Waals surface area contributed by atoms with Crippen LogP contribution < -0.4 is 5.32 Å². The summed E-state index contributed by atoms with van der Waals surface area (Å²) in [7, 11) is 0. The second-order valence-electron chi connectivity index (χ2n) is 4.20. The van der Waals surface area contributed by atoms with Gasteiger partial charge in [0.05, 0.1) is 5.56 Å². The Hall–Kier alpha value is -1.47. The summed E-state index contributed by atoms with van der Waals surface area (Å²) >= 11 is 1.13. The summed E-state index contributed by atoms with van der Waals surface area (Å²) in [6.45, 7) is 3.77. The predicted octanol–water partition coefficient (Wildman–Crippen LogP) is 3.16. The molecule has 0 unspecified atom stereocenters. The summed E-state index contributed by atoms with van der Waals surface area (Å²) in [4.78, 5) is 0. The van der Waals surface area contributed by atoms with Gasteiger partial charge in [0.2, 0.25) is 0 Å². The number of rotatable bonds is 6. The van der Waals surface area contributed by atoms with Crippen molar-refractivity contribution in [1.82, 2.24) is 15.5 Å². The van der Waals surface area contributed by atoms with Crippen molar-refractivity contribution in [2.24, 2.45) is 0 Å². The van der Waals surface area contributed by atoms with Crippen LogP contribution in [0, 0.1) is 17.5 Å². The second kappa shape index (κ2) is 6.81. The van der Waals surface area contributed by atoms with Gasteiger partial charge in [0, 0.05) is 18.6 Å². The van der Waals surface area contributed by atoms with E-state index in [9.17, 15) is 13.2 Å². The highest BCUT2D eigenvalue weighted by atomic mass is 32.1. The fourth-order valence-corrected chi connectivity index (χ4v) is 2.67. The SMILES string of the molecule is CCNCCCc1nnc(-c2c(F)cc(F)cc2F)s1. The average molecular weight is 301 g/mol. The highest BCUT2D eigenvalue weighted by Gasteiger charge is 2.17. The first-order valence-corrected chi connectivity index (χ1v) is 7.11. The third-order valence-electron chi connectivity index (χ3n) is 2.68. The van der Waals surface area contributed by atoms with Gasteiger partial charge in [-0.15, -0.1) is 10.2 Å². The highest BCUT2D eigenvalue weighted by molar-refractivity contribution is 7.14. The van der Waals surface area contributed by atoms with Crippen molar-refractivity contribution in [2.75, 3.05) is 13.1 Å². The van der Waals surface area contributed by atoms with Gasteiger partial charge < -0.3 is 5.32 Å². The van der Waals surface area contributed by atoms with Crippen LogP contribution in [0.1, 0.15) is 18.4 Å². The van der Waals surface area contributed by atoms with Crippen LogP contribution in [0.15, 0.2) is 12.1 Å². The summed E-state index contributed by atoms with van der Waals surface area (Å²) < 4.78 is 40.1. The van der Waals surface area contributed by atoms with Gasteiger partial charge in [-0.1, -0.05) is 18.3 Å². The van der Waals surface area contributed by atoms with Crippen molar-refractivity contribution in [3.05, 3.63) is 34.6 Å². The van der Waals surface area contributed by atoms with E-state index in [1.54, 1.807) is 0 Å². The Morgan fingerprint density at radius 2 is 1.85 bits per heavy atom. The zero-order valence-corrected chi connectivity index (χ0v) is 11.7. The molecule has 1 aromatic heterocycles. The average Bonchev–Trinajstić information content (AvgIpc) is 2.82. The monoisotopic (exact) mass is 301 g/mol. The van der Waals surface area contributed by atoms with E-state index in [0.717, 1.165) is 30.8 Å². The molecule has 7 heteroatoms. The van der Waals surface area contributed by atoms with Gasteiger partial charge >= 0.3 is 0 Å². The molecule has 0 fully saturated rings. The smallest absolute Gasteiger partial charge is 0.153 e. The van der Waals surface area contributed by atoms with Crippen molar-refractivity contribution >= 4 is 11.3 Å². The largest absolute Gasteiger partial charge is 0.317 e. The lowest BCUT2D eigenvalue weighted by Gasteiger charge is -2.00. The van der Waals surface area contributed by atoms with Crippen LogP contribution in [-0.2, 0) is 6.42 Å².